The standard InChI is InChI=1S/C7H10FNO/c1-2-3-7(8)4-5-9-6(7)10/h2H,1,3-5H2,(H,9,10). The van der Waals surface area contributed by atoms with Crippen LogP contribution in [0.5, 0.6) is 0 Å². The fraction of sp³-hybridized carbons (Fsp3) is 0.571. The van der Waals surface area contributed by atoms with Crippen LogP contribution in [0.2, 0.25) is 0 Å². The maximum atomic E-state index is 13.2. The summed E-state index contributed by atoms with van der Waals surface area (Å²) >= 11 is 0. The van der Waals surface area contributed by atoms with Crippen LogP contribution in [-0.2, 0) is 4.79 Å². The lowest BCUT2D eigenvalue weighted by atomic mass is 10.0. The Bertz CT molecular complexity index is 169. The molecular formula is C7H10FNO. The van der Waals surface area contributed by atoms with E-state index >= 15 is 0 Å². The highest BCUT2D eigenvalue weighted by Gasteiger charge is 2.41. The monoisotopic (exact) mass is 143 g/mol. The Balaban J connectivity index is 2.65. The first kappa shape index (κ1) is 7.25. The molecule has 1 atom stereocenters. The third-order valence-corrected chi connectivity index (χ3v) is 1.68. The summed E-state index contributed by atoms with van der Waals surface area (Å²) < 4.78 is 13.2. The molecule has 0 bridgehead atoms. The van der Waals surface area contributed by atoms with Gasteiger partial charge in [0.1, 0.15) is 0 Å². The molecule has 1 fully saturated rings. The van der Waals surface area contributed by atoms with Crippen molar-refractivity contribution in [1.29, 1.82) is 0 Å². The van der Waals surface area contributed by atoms with Crippen LogP contribution in [0.15, 0.2) is 12.7 Å². The zero-order valence-electron chi connectivity index (χ0n) is 5.69. The Morgan fingerprint density at radius 3 is 3.00 bits per heavy atom. The van der Waals surface area contributed by atoms with Crippen molar-refractivity contribution in [2.75, 3.05) is 6.54 Å². The SMILES string of the molecule is C=CCC1(F)CCNC1=O. The van der Waals surface area contributed by atoms with Crippen molar-refractivity contribution in [2.45, 2.75) is 18.5 Å². The number of carbonyl (C=O) groups excluding carboxylic acids is 1. The number of hydrogen-bond donors (Lipinski definition) is 1. The van der Waals surface area contributed by atoms with Crippen molar-refractivity contribution in [2.24, 2.45) is 0 Å². The molecule has 10 heavy (non-hydrogen) atoms. The largest absolute Gasteiger partial charge is 0.353 e. The molecule has 3 heteroatoms. The molecule has 1 aliphatic heterocycles. The number of allylic oxidation sites excluding steroid dienone is 1. The fourth-order valence-corrected chi connectivity index (χ4v) is 1.07. The zero-order valence-corrected chi connectivity index (χ0v) is 5.69. The summed E-state index contributed by atoms with van der Waals surface area (Å²) in [4.78, 5) is 10.8. The number of hydrogen-bond acceptors (Lipinski definition) is 1. The second-order valence-electron chi connectivity index (χ2n) is 2.46. The third kappa shape index (κ3) is 1.03. The average Bonchev–Trinajstić information content (AvgIpc) is 2.15. The molecule has 56 valence electrons. The molecule has 1 amide bonds. The fourth-order valence-electron chi connectivity index (χ4n) is 1.07. The number of halogens is 1. The van der Waals surface area contributed by atoms with Gasteiger partial charge in [0.2, 0.25) is 0 Å². The van der Waals surface area contributed by atoms with Gasteiger partial charge in [0.25, 0.3) is 5.91 Å². The van der Waals surface area contributed by atoms with Gasteiger partial charge in [0, 0.05) is 19.4 Å². The Hall–Kier alpha value is -0.860. The van der Waals surface area contributed by atoms with Crippen LogP contribution in [0.1, 0.15) is 12.8 Å². The minimum atomic E-state index is -1.66. The Morgan fingerprint density at radius 2 is 2.60 bits per heavy atom. The molecule has 0 aromatic carbocycles. The second kappa shape index (κ2) is 2.40. The van der Waals surface area contributed by atoms with Gasteiger partial charge in [0.05, 0.1) is 0 Å². The summed E-state index contributed by atoms with van der Waals surface area (Å²) in [5, 5.41) is 2.43. The molecule has 0 aromatic rings. The van der Waals surface area contributed by atoms with E-state index in [9.17, 15) is 9.18 Å². The van der Waals surface area contributed by atoms with Gasteiger partial charge in [-0.2, -0.15) is 0 Å². The van der Waals surface area contributed by atoms with E-state index in [-0.39, 0.29) is 12.8 Å². The number of nitrogens with one attached hydrogen (secondary N) is 1. The lowest BCUT2D eigenvalue weighted by Gasteiger charge is -2.11. The molecule has 0 spiro atoms. The van der Waals surface area contributed by atoms with Crippen LogP contribution in [0, 0.1) is 0 Å². The van der Waals surface area contributed by atoms with Crippen LogP contribution in [0.25, 0.3) is 0 Å². The molecule has 1 unspecified atom stereocenters. The van der Waals surface area contributed by atoms with Crippen molar-refractivity contribution >= 4 is 5.91 Å². The first-order chi connectivity index (χ1) is 4.69. The molecule has 2 nitrogen and oxygen atoms in total. The highest BCUT2D eigenvalue weighted by atomic mass is 19.1. The number of alkyl halides is 1. The van der Waals surface area contributed by atoms with E-state index < -0.39 is 11.6 Å². The quantitative estimate of drug-likeness (QED) is 0.569. The summed E-state index contributed by atoms with van der Waals surface area (Å²) in [5.74, 6) is -0.493. The maximum Gasteiger partial charge on any atom is 0.258 e. The normalized spacial score (nSPS) is 31.9. The van der Waals surface area contributed by atoms with Gasteiger partial charge in [-0.15, -0.1) is 6.58 Å². The third-order valence-electron chi connectivity index (χ3n) is 1.68. The van der Waals surface area contributed by atoms with Gasteiger partial charge < -0.3 is 5.32 Å². The van der Waals surface area contributed by atoms with Crippen LogP contribution < -0.4 is 5.32 Å². The second-order valence-corrected chi connectivity index (χ2v) is 2.46. The van der Waals surface area contributed by atoms with Crippen molar-refractivity contribution in [3.05, 3.63) is 12.7 Å². The minimum Gasteiger partial charge on any atom is -0.353 e. The van der Waals surface area contributed by atoms with Gasteiger partial charge in [0.15, 0.2) is 5.67 Å². The maximum absolute atomic E-state index is 13.2. The predicted octanol–water partition coefficient (Wildman–Crippen LogP) is 0.791. The van der Waals surface area contributed by atoms with Crippen molar-refractivity contribution in [1.82, 2.24) is 5.32 Å². The Morgan fingerprint density at radius 1 is 1.90 bits per heavy atom. The lowest BCUT2D eigenvalue weighted by molar-refractivity contribution is -0.128. The van der Waals surface area contributed by atoms with E-state index in [0.29, 0.717) is 6.54 Å². The van der Waals surface area contributed by atoms with E-state index in [2.05, 4.69) is 11.9 Å². The van der Waals surface area contributed by atoms with Crippen molar-refractivity contribution < 1.29 is 9.18 Å². The molecule has 1 N–H and O–H groups in total. The van der Waals surface area contributed by atoms with Gasteiger partial charge in [-0.1, -0.05) is 6.08 Å². The highest BCUT2D eigenvalue weighted by Crippen LogP contribution is 2.25. The average molecular weight is 143 g/mol. The van der Waals surface area contributed by atoms with Crippen LogP contribution in [0.4, 0.5) is 4.39 Å². The highest BCUT2D eigenvalue weighted by molar-refractivity contribution is 5.87. The molecule has 0 radical (unpaired) electrons. The Labute approximate surface area is 59.1 Å². The van der Waals surface area contributed by atoms with Crippen LogP contribution in [0.3, 0.4) is 0 Å². The van der Waals surface area contributed by atoms with E-state index in [1.165, 1.54) is 6.08 Å². The molecular weight excluding hydrogens is 133 g/mol. The van der Waals surface area contributed by atoms with Crippen molar-refractivity contribution in [3.63, 3.8) is 0 Å². The van der Waals surface area contributed by atoms with Crippen LogP contribution >= 0.6 is 0 Å². The number of rotatable bonds is 2. The summed E-state index contributed by atoms with van der Waals surface area (Å²) in [6, 6.07) is 0. The summed E-state index contributed by atoms with van der Waals surface area (Å²) in [7, 11) is 0. The molecule has 0 saturated carbocycles. The number of amides is 1. The molecule has 0 aromatic heterocycles. The smallest absolute Gasteiger partial charge is 0.258 e. The Kier molecular flexibility index (Phi) is 1.74. The summed E-state index contributed by atoms with van der Waals surface area (Å²) in [6.45, 7) is 3.83. The van der Waals surface area contributed by atoms with Gasteiger partial charge in [-0.3, -0.25) is 4.79 Å². The molecule has 1 heterocycles. The predicted molar refractivity (Wildman–Crippen MR) is 36.3 cm³/mol. The topological polar surface area (TPSA) is 29.1 Å². The summed E-state index contributed by atoms with van der Waals surface area (Å²) in [5.41, 5.74) is -1.66. The first-order valence-corrected chi connectivity index (χ1v) is 3.27. The number of carbonyl (C=O) groups is 1. The lowest BCUT2D eigenvalue weighted by Crippen LogP contribution is -2.32. The molecule has 1 rings (SSSR count). The van der Waals surface area contributed by atoms with Gasteiger partial charge >= 0.3 is 0 Å². The molecule has 0 aliphatic carbocycles. The molecule has 1 aliphatic rings. The van der Waals surface area contributed by atoms with Crippen molar-refractivity contribution in [3.8, 4) is 0 Å². The van der Waals surface area contributed by atoms with E-state index in [1.807, 2.05) is 0 Å². The minimum absolute atomic E-state index is 0.124. The van der Waals surface area contributed by atoms with E-state index in [0.717, 1.165) is 0 Å². The van der Waals surface area contributed by atoms with Gasteiger partial charge in [-0.05, 0) is 0 Å². The van der Waals surface area contributed by atoms with E-state index in [1.54, 1.807) is 0 Å². The van der Waals surface area contributed by atoms with Crippen LogP contribution in [-0.4, -0.2) is 18.1 Å². The van der Waals surface area contributed by atoms with E-state index in [4.69, 9.17) is 0 Å². The molecule has 1 saturated heterocycles. The van der Waals surface area contributed by atoms with Gasteiger partial charge in [-0.25, -0.2) is 4.39 Å². The summed E-state index contributed by atoms with van der Waals surface area (Å²) in [6.07, 6.45) is 1.83. The zero-order chi connectivity index (χ0) is 7.61. The first-order valence-electron chi connectivity index (χ1n) is 3.27.